The molecule has 0 aromatic heterocycles. The minimum Gasteiger partial charge on any atom is -0.303 e. The molecule has 2 aliphatic rings. The van der Waals surface area contributed by atoms with E-state index < -0.39 is 0 Å². The molecule has 0 aromatic rings. The molecule has 2 fully saturated rings. The molecule has 2 nitrogen and oxygen atoms in total. The van der Waals surface area contributed by atoms with Crippen molar-refractivity contribution in [1.82, 2.24) is 9.80 Å². The predicted octanol–water partition coefficient (Wildman–Crippen LogP) is 2.98. The van der Waals surface area contributed by atoms with Crippen molar-refractivity contribution in [1.29, 1.82) is 0 Å². The lowest BCUT2D eigenvalue weighted by atomic mass is 9.93. The summed E-state index contributed by atoms with van der Waals surface area (Å²) in [4.78, 5) is 5.29. The van der Waals surface area contributed by atoms with Crippen LogP contribution in [0.4, 0.5) is 0 Å². The highest BCUT2D eigenvalue weighted by molar-refractivity contribution is 4.72. The third kappa shape index (κ3) is 4.59. The van der Waals surface area contributed by atoms with Crippen molar-refractivity contribution < 1.29 is 0 Å². The molecule has 1 unspecified atom stereocenters. The van der Waals surface area contributed by atoms with Crippen molar-refractivity contribution in [2.24, 2.45) is 5.92 Å². The number of hydrogen-bond acceptors (Lipinski definition) is 2. The van der Waals surface area contributed by atoms with Crippen molar-refractivity contribution in [3.63, 3.8) is 0 Å². The number of piperidine rings is 1. The zero-order valence-corrected chi connectivity index (χ0v) is 11.7. The standard InChI is InChI=1S/C15H30N2/c1-2-16-13-7-9-15(14-16)8-3-4-10-17-11-5-6-12-17/h15H,2-14H2,1H3. The first-order valence-corrected chi connectivity index (χ1v) is 7.83. The highest BCUT2D eigenvalue weighted by atomic mass is 15.1. The molecule has 0 amide bonds. The Morgan fingerprint density at radius 1 is 0.941 bits per heavy atom. The molecule has 100 valence electrons. The molecule has 2 aliphatic heterocycles. The van der Waals surface area contributed by atoms with E-state index in [4.69, 9.17) is 0 Å². The maximum Gasteiger partial charge on any atom is 0.000955 e. The Labute approximate surface area is 107 Å². The summed E-state index contributed by atoms with van der Waals surface area (Å²) in [6.07, 6.45) is 10.2. The first-order chi connectivity index (χ1) is 8.38. The third-order valence-corrected chi connectivity index (χ3v) is 4.59. The van der Waals surface area contributed by atoms with Gasteiger partial charge in [0.1, 0.15) is 0 Å². The van der Waals surface area contributed by atoms with Gasteiger partial charge in [0.2, 0.25) is 0 Å². The fourth-order valence-electron chi connectivity index (χ4n) is 3.45. The van der Waals surface area contributed by atoms with Crippen LogP contribution in [0.5, 0.6) is 0 Å². The largest absolute Gasteiger partial charge is 0.303 e. The Kier molecular flexibility index (Phi) is 5.79. The number of unbranched alkanes of at least 4 members (excludes halogenated alkanes) is 1. The predicted molar refractivity (Wildman–Crippen MR) is 74.4 cm³/mol. The summed E-state index contributed by atoms with van der Waals surface area (Å²) in [7, 11) is 0. The molecule has 0 aliphatic carbocycles. The van der Waals surface area contributed by atoms with Crippen LogP contribution < -0.4 is 0 Å². The van der Waals surface area contributed by atoms with Crippen molar-refractivity contribution in [3.05, 3.63) is 0 Å². The number of hydrogen-bond donors (Lipinski definition) is 0. The molecule has 0 saturated carbocycles. The fraction of sp³-hybridized carbons (Fsp3) is 1.00. The monoisotopic (exact) mass is 238 g/mol. The van der Waals surface area contributed by atoms with Crippen molar-refractivity contribution >= 4 is 0 Å². The Balaban J connectivity index is 1.52. The summed E-state index contributed by atoms with van der Waals surface area (Å²) in [5.41, 5.74) is 0. The van der Waals surface area contributed by atoms with Crippen LogP contribution >= 0.6 is 0 Å². The van der Waals surface area contributed by atoms with E-state index in [9.17, 15) is 0 Å². The highest BCUT2D eigenvalue weighted by Gasteiger charge is 2.18. The molecule has 2 saturated heterocycles. The lowest BCUT2D eigenvalue weighted by molar-refractivity contribution is 0.173. The summed E-state index contributed by atoms with van der Waals surface area (Å²) >= 11 is 0. The summed E-state index contributed by atoms with van der Waals surface area (Å²) < 4.78 is 0. The molecular formula is C15H30N2. The van der Waals surface area contributed by atoms with Gasteiger partial charge in [-0.15, -0.1) is 0 Å². The van der Waals surface area contributed by atoms with Gasteiger partial charge in [0.15, 0.2) is 0 Å². The van der Waals surface area contributed by atoms with E-state index >= 15 is 0 Å². The maximum atomic E-state index is 2.65. The summed E-state index contributed by atoms with van der Waals surface area (Å²) in [5.74, 6) is 1.00. The van der Waals surface area contributed by atoms with E-state index in [-0.39, 0.29) is 0 Å². The van der Waals surface area contributed by atoms with Gasteiger partial charge < -0.3 is 9.80 Å². The third-order valence-electron chi connectivity index (χ3n) is 4.59. The molecule has 0 N–H and O–H groups in total. The Morgan fingerprint density at radius 2 is 1.71 bits per heavy atom. The molecule has 17 heavy (non-hydrogen) atoms. The van der Waals surface area contributed by atoms with Crippen LogP contribution in [0.3, 0.4) is 0 Å². The van der Waals surface area contributed by atoms with E-state index in [0.717, 1.165) is 5.92 Å². The molecular weight excluding hydrogens is 208 g/mol. The molecule has 2 heteroatoms. The van der Waals surface area contributed by atoms with Gasteiger partial charge in [0.05, 0.1) is 0 Å². The number of likely N-dealkylation sites (tertiary alicyclic amines) is 2. The fourth-order valence-corrected chi connectivity index (χ4v) is 3.45. The van der Waals surface area contributed by atoms with Crippen molar-refractivity contribution in [2.45, 2.75) is 51.9 Å². The van der Waals surface area contributed by atoms with Gasteiger partial charge in [-0.2, -0.15) is 0 Å². The molecule has 0 bridgehead atoms. The zero-order valence-electron chi connectivity index (χ0n) is 11.7. The number of nitrogens with zero attached hydrogens (tertiary/aromatic N) is 2. The molecule has 0 spiro atoms. The molecule has 2 rings (SSSR count). The quantitative estimate of drug-likeness (QED) is 0.656. The Bertz CT molecular complexity index is 199. The molecule has 0 radical (unpaired) electrons. The van der Waals surface area contributed by atoms with Crippen LogP contribution in [0.1, 0.15) is 51.9 Å². The normalized spacial score (nSPS) is 27.7. The van der Waals surface area contributed by atoms with E-state index in [1.807, 2.05) is 0 Å². The second kappa shape index (κ2) is 7.38. The second-order valence-electron chi connectivity index (χ2n) is 5.95. The van der Waals surface area contributed by atoms with Gasteiger partial charge in [-0.3, -0.25) is 0 Å². The topological polar surface area (TPSA) is 6.48 Å². The average Bonchev–Trinajstić information content (AvgIpc) is 2.88. The van der Waals surface area contributed by atoms with Crippen LogP contribution in [0.2, 0.25) is 0 Å². The van der Waals surface area contributed by atoms with Gasteiger partial charge in [-0.25, -0.2) is 0 Å². The highest BCUT2D eigenvalue weighted by Crippen LogP contribution is 2.21. The van der Waals surface area contributed by atoms with Crippen LogP contribution in [0.15, 0.2) is 0 Å². The van der Waals surface area contributed by atoms with Crippen LogP contribution in [-0.2, 0) is 0 Å². The van der Waals surface area contributed by atoms with Crippen LogP contribution in [0, 0.1) is 5.92 Å². The van der Waals surface area contributed by atoms with E-state index in [2.05, 4.69) is 16.7 Å². The Hall–Kier alpha value is -0.0800. The first kappa shape index (κ1) is 13.4. The number of rotatable bonds is 6. The van der Waals surface area contributed by atoms with Crippen molar-refractivity contribution in [2.75, 3.05) is 39.3 Å². The van der Waals surface area contributed by atoms with E-state index in [1.54, 1.807) is 0 Å². The molecule has 2 heterocycles. The van der Waals surface area contributed by atoms with Crippen molar-refractivity contribution in [3.8, 4) is 0 Å². The van der Waals surface area contributed by atoms with Crippen LogP contribution in [0.25, 0.3) is 0 Å². The summed E-state index contributed by atoms with van der Waals surface area (Å²) in [6.45, 7) is 10.4. The van der Waals surface area contributed by atoms with E-state index in [1.165, 1.54) is 84.2 Å². The minimum atomic E-state index is 1.00. The SMILES string of the molecule is CCN1CCCC(CCCCN2CCCC2)C1. The minimum absolute atomic E-state index is 1.00. The smallest absolute Gasteiger partial charge is 0.000955 e. The summed E-state index contributed by atoms with van der Waals surface area (Å²) in [6, 6.07) is 0. The molecule has 1 atom stereocenters. The van der Waals surface area contributed by atoms with E-state index in [0.29, 0.717) is 0 Å². The average molecular weight is 238 g/mol. The van der Waals surface area contributed by atoms with Gasteiger partial charge in [-0.05, 0) is 77.2 Å². The first-order valence-electron chi connectivity index (χ1n) is 7.83. The van der Waals surface area contributed by atoms with Gasteiger partial charge in [0.25, 0.3) is 0 Å². The zero-order chi connectivity index (χ0) is 11.9. The van der Waals surface area contributed by atoms with Crippen LogP contribution in [-0.4, -0.2) is 49.1 Å². The lowest BCUT2D eigenvalue weighted by Crippen LogP contribution is -2.35. The lowest BCUT2D eigenvalue weighted by Gasteiger charge is -2.31. The second-order valence-corrected chi connectivity index (χ2v) is 5.95. The molecule has 0 aromatic carbocycles. The Morgan fingerprint density at radius 3 is 2.47 bits per heavy atom. The van der Waals surface area contributed by atoms with Gasteiger partial charge in [-0.1, -0.05) is 13.3 Å². The van der Waals surface area contributed by atoms with Gasteiger partial charge in [0, 0.05) is 6.54 Å². The maximum absolute atomic E-state index is 2.65. The van der Waals surface area contributed by atoms with Gasteiger partial charge >= 0.3 is 0 Å². The summed E-state index contributed by atoms with van der Waals surface area (Å²) in [5, 5.41) is 0.